The second-order valence-electron chi connectivity index (χ2n) is 5.63. The highest BCUT2D eigenvalue weighted by Crippen LogP contribution is 2.21. The molecular weight excluding hydrogens is 334 g/mol. The van der Waals surface area contributed by atoms with Gasteiger partial charge in [-0.25, -0.2) is 4.98 Å². The largest absolute Gasteiger partial charge is 0.497 e. The van der Waals surface area contributed by atoms with E-state index in [1.165, 1.54) is 12.4 Å². The molecule has 1 amide bonds. The van der Waals surface area contributed by atoms with Gasteiger partial charge in [0.1, 0.15) is 17.6 Å². The van der Waals surface area contributed by atoms with E-state index in [1.807, 2.05) is 25.1 Å². The number of aromatic nitrogens is 4. The third-order valence-corrected chi connectivity index (χ3v) is 3.75. The minimum atomic E-state index is -0.558. The van der Waals surface area contributed by atoms with Crippen molar-refractivity contribution in [3.8, 4) is 17.0 Å². The number of benzene rings is 1. The van der Waals surface area contributed by atoms with Crippen LogP contribution in [0, 0.1) is 0 Å². The van der Waals surface area contributed by atoms with Gasteiger partial charge in [-0.05, 0) is 30.7 Å². The Bertz CT molecular complexity index is 977. The maximum atomic E-state index is 12.3. The standard InChI is InChI=1S/C18H19N5O3/c1-3-9-23-11-19-18(22-23)21-17(25)14-7-8-15(20-16(14)24)12-5-4-6-13(10-12)26-2/h4-8,10-11H,3,9H2,1-2H3,(H,20,24)(H,21,22,25). The Labute approximate surface area is 149 Å². The van der Waals surface area contributed by atoms with Gasteiger partial charge in [-0.15, -0.1) is 5.10 Å². The molecule has 2 aromatic heterocycles. The van der Waals surface area contributed by atoms with E-state index in [4.69, 9.17) is 4.74 Å². The SMILES string of the molecule is CCCn1cnc(NC(=O)c2ccc(-c3cccc(OC)c3)[nH]c2=O)n1. The van der Waals surface area contributed by atoms with Gasteiger partial charge in [0.15, 0.2) is 0 Å². The average Bonchev–Trinajstić information content (AvgIpc) is 3.08. The lowest BCUT2D eigenvalue weighted by Gasteiger charge is -2.06. The zero-order valence-electron chi connectivity index (χ0n) is 14.5. The van der Waals surface area contributed by atoms with Crippen molar-refractivity contribution in [1.29, 1.82) is 0 Å². The van der Waals surface area contributed by atoms with Gasteiger partial charge in [0.25, 0.3) is 11.5 Å². The Hall–Kier alpha value is -3.42. The van der Waals surface area contributed by atoms with Crippen LogP contribution < -0.4 is 15.6 Å². The minimum Gasteiger partial charge on any atom is -0.497 e. The average molecular weight is 353 g/mol. The Morgan fingerprint density at radius 3 is 2.88 bits per heavy atom. The first-order valence-corrected chi connectivity index (χ1v) is 8.19. The number of H-pyrrole nitrogens is 1. The lowest BCUT2D eigenvalue weighted by molar-refractivity contribution is 0.102. The molecule has 8 nitrogen and oxygen atoms in total. The maximum absolute atomic E-state index is 12.3. The fourth-order valence-corrected chi connectivity index (χ4v) is 2.47. The number of carbonyl (C=O) groups excluding carboxylic acids is 1. The molecule has 0 bridgehead atoms. The number of aromatic amines is 1. The van der Waals surface area contributed by atoms with Gasteiger partial charge in [0.2, 0.25) is 5.95 Å². The number of methoxy groups -OCH3 is 1. The summed E-state index contributed by atoms with van der Waals surface area (Å²) in [6, 6.07) is 10.4. The molecule has 0 aliphatic heterocycles. The van der Waals surface area contributed by atoms with Gasteiger partial charge < -0.3 is 9.72 Å². The number of amides is 1. The molecule has 0 aliphatic carbocycles. The Morgan fingerprint density at radius 1 is 1.31 bits per heavy atom. The molecule has 0 saturated heterocycles. The number of hydrogen-bond acceptors (Lipinski definition) is 5. The van der Waals surface area contributed by atoms with Crippen molar-refractivity contribution in [3.05, 3.63) is 58.6 Å². The van der Waals surface area contributed by atoms with E-state index in [9.17, 15) is 9.59 Å². The number of ether oxygens (including phenoxy) is 1. The molecule has 0 fully saturated rings. The van der Waals surface area contributed by atoms with E-state index in [0.717, 1.165) is 12.0 Å². The van der Waals surface area contributed by atoms with Crippen molar-refractivity contribution in [2.45, 2.75) is 19.9 Å². The normalized spacial score (nSPS) is 10.5. The zero-order valence-corrected chi connectivity index (χ0v) is 14.5. The summed E-state index contributed by atoms with van der Waals surface area (Å²) in [5.74, 6) is 0.288. The van der Waals surface area contributed by atoms with Gasteiger partial charge in [-0.2, -0.15) is 0 Å². The van der Waals surface area contributed by atoms with Crippen LogP contribution in [0.3, 0.4) is 0 Å². The number of rotatable bonds is 6. The summed E-state index contributed by atoms with van der Waals surface area (Å²) in [5, 5.41) is 6.66. The minimum absolute atomic E-state index is 0.0107. The number of nitrogens with one attached hydrogen (secondary N) is 2. The summed E-state index contributed by atoms with van der Waals surface area (Å²) in [7, 11) is 1.57. The first kappa shape index (κ1) is 17.4. The molecule has 0 radical (unpaired) electrons. The number of carbonyl (C=O) groups is 1. The third kappa shape index (κ3) is 3.80. The van der Waals surface area contributed by atoms with Crippen molar-refractivity contribution in [3.63, 3.8) is 0 Å². The van der Waals surface area contributed by atoms with Gasteiger partial charge in [0.05, 0.1) is 7.11 Å². The van der Waals surface area contributed by atoms with Crippen LogP contribution in [0.5, 0.6) is 5.75 Å². The molecule has 26 heavy (non-hydrogen) atoms. The van der Waals surface area contributed by atoms with E-state index in [-0.39, 0.29) is 11.5 Å². The summed E-state index contributed by atoms with van der Waals surface area (Å²) >= 11 is 0. The number of anilines is 1. The lowest BCUT2D eigenvalue weighted by atomic mass is 10.1. The molecule has 2 N–H and O–H groups in total. The quantitative estimate of drug-likeness (QED) is 0.708. The molecule has 0 atom stereocenters. The Morgan fingerprint density at radius 2 is 2.15 bits per heavy atom. The smallest absolute Gasteiger partial charge is 0.263 e. The van der Waals surface area contributed by atoms with E-state index in [2.05, 4.69) is 20.4 Å². The van der Waals surface area contributed by atoms with Crippen LogP contribution in [0.1, 0.15) is 23.7 Å². The monoisotopic (exact) mass is 353 g/mol. The zero-order chi connectivity index (χ0) is 18.5. The van der Waals surface area contributed by atoms with E-state index >= 15 is 0 Å². The molecule has 2 heterocycles. The van der Waals surface area contributed by atoms with Crippen molar-refractivity contribution >= 4 is 11.9 Å². The summed E-state index contributed by atoms with van der Waals surface area (Å²) in [6.45, 7) is 2.72. The van der Waals surface area contributed by atoms with E-state index < -0.39 is 11.5 Å². The lowest BCUT2D eigenvalue weighted by Crippen LogP contribution is -2.23. The molecule has 3 rings (SSSR count). The van der Waals surface area contributed by atoms with Gasteiger partial charge >= 0.3 is 0 Å². The molecule has 8 heteroatoms. The first-order chi connectivity index (χ1) is 12.6. The van der Waals surface area contributed by atoms with Gasteiger partial charge in [-0.1, -0.05) is 19.1 Å². The molecule has 0 spiro atoms. The number of nitrogens with zero attached hydrogens (tertiary/aromatic N) is 3. The molecule has 0 saturated carbocycles. The predicted octanol–water partition coefficient (Wildman–Crippen LogP) is 2.30. The highest BCUT2D eigenvalue weighted by Gasteiger charge is 2.14. The van der Waals surface area contributed by atoms with E-state index in [0.29, 0.717) is 18.0 Å². The van der Waals surface area contributed by atoms with Crippen LogP contribution in [-0.2, 0) is 6.54 Å². The van der Waals surface area contributed by atoms with Crippen molar-refractivity contribution in [1.82, 2.24) is 19.7 Å². The first-order valence-electron chi connectivity index (χ1n) is 8.19. The third-order valence-electron chi connectivity index (χ3n) is 3.75. The summed E-state index contributed by atoms with van der Waals surface area (Å²) in [5.41, 5.74) is 0.878. The van der Waals surface area contributed by atoms with Crippen LogP contribution >= 0.6 is 0 Å². The van der Waals surface area contributed by atoms with E-state index in [1.54, 1.807) is 23.9 Å². The summed E-state index contributed by atoms with van der Waals surface area (Å²) < 4.78 is 6.81. The number of pyridine rings is 1. The highest BCUT2D eigenvalue weighted by atomic mass is 16.5. The van der Waals surface area contributed by atoms with Crippen LogP contribution in [0.25, 0.3) is 11.3 Å². The molecule has 0 unspecified atom stereocenters. The highest BCUT2D eigenvalue weighted by molar-refractivity contribution is 6.03. The Kier molecular flexibility index (Phi) is 5.12. The van der Waals surface area contributed by atoms with Crippen molar-refractivity contribution in [2.24, 2.45) is 0 Å². The topological polar surface area (TPSA) is 102 Å². The van der Waals surface area contributed by atoms with Gasteiger partial charge in [-0.3, -0.25) is 19.6 Å². The van der Waals surface area contributed by atoms with Crippen LogP contribution in [0.15, 0.2) is 47.5 Å². The van der Waals surface area contributed by atoms with Crippen molar-refractivity contribution < 1.29 is 9.53 Å². The molecule has 3 aromatic rings. The number of aryl methyl sites for hydroxylation is 1. The summed E-state index contributed by atoms with van der Waals surface area (Å²) in [6.07, 6.45) is 2.44. The van der Waals surface area contributed by atoms with Crippen LogP contribution in [0.4, 0.5) is 5.95 Å². The number of hydrogen-bond donors (Lipinski definition) is 2. The van der Waals surface area contributed by atoms with Crippen LogP contribution in [-0.4, -0.2) is 32.8 Å². The molecule has 1 aromatic carbocycles. The second kappa shape index (κ2) is 7.64. The Balaban J connectivity index is 1.80. The van der Waals surface area contributed by atoms with Gasteiger partial charge in [0, 0.05) is 17.8 Å². The maximum Gasteiger partial charge on any atom is 0.263 e. The second-order valence-corrected chi connectivity index (χ2v) is 5.63. The fraction of sp³-hybridized carbons (Fsp3) is 0.222. The summed E-state index contributed by atoms with van der Waals surface area (Å²) in [4.78, 5) is 31.3. The fourth-order valence-electron chi connectivity index (χ4n) is 2.47. The molecule has 0 aliphatic rings. The predicted molar refractivity (Wildman–Crippen MR) is 97.3 cm³/mol. The molecule has 134 valence electrons. The van der Waals surface area contributed by atoms with Crippen molar-refractivity contribution in [2.75, 3.05) is 12.4 Å². The van der Waals surface area contributed by atoms with Crippen LogP contribution in [0.2, 0.25) is 0 Å². The molecular formula is C18H19N5O3.